The normalized spacial score (nSPS) is 14.1. The molecule has 2 rings (SSSR count). The van der Waals surface area contributed by atoms with Gasteiger partial charge in [-0.1, -0.05) is 6.92 Å². The fraction of sp³-hybridized carbons (Fsp3) is 0.500. The zero-order chi connectivity index (χ0) is 15.6. The van der Waals surface area contributed by atoms with Gasteiger partial charge in [0.25, 0.3) is 11.5 Å². The lowest BCUT2D eigenvalue weighted by Gasteiger charge is -2.28. The molecule has 1 atom stereocenters. The van der Waals surface area contributed by atoms with Crippen molar-refractivity contribution >= 4 is 22.2 Å². The molecule has 0 spiro atoms. The van der Waals surface area contributed by atoms with Crippen LogP contribution in [0.15, 0.2) is 17.2 Å². The summed E-state index contributed by atoms with van der Waals surface area (Å²) in [6.07, 6.45) is 4.09. The molecule has 2 N–H and O–H groups in total. The first-order chi connectivity index (χ1) is 9.90. The molecule has 0 fully saturated rings. The second-order valence-electron chi connectivity index (χ2n) is 5.31. The number of carbonyl (C=O) groups excluding carboxylic acids is 1. The van der Waals surface area contributed by atoms with E-state index in [1.54, 1.807) is 6.20 Å². The third kappa shape index (κ3) is 3.14. The van der Waals surface area contributed by atoms with Crippen molar-refractivity contribution in [1.82, 2.24) is 14.7 Å². The van der Waals surface area contributed by atoms with E-state index in [1.165, 1.54) is 21.9 Å². The van der Waals surface area contributed by atoms with Crippen molar-refractivity contribution in [1.29, 1.82) is 0 Å². The molecule has 0 aliphatic carbocycles. The maximum atomic E-state index is 12.3. The maximum absolute atomic E-state index is 12.3. The van der Waals surface area contributed by atoms with E-state index in [9.17, 15) is 9.59 Å². The predicted molar refractivity (Wildman–Crippen MR) is 81.9 cm³/mol. The Morgan fingerprint density at radius 3 is 2.90 bits per heavy atom. The van der Waals surface area contributed by atoms with Crippen LogP contribution >= 0.6 is 11.3 Å². The molecule has 0 aromatic carbocycles. The summed E-state index contributed by atoms with van der Waals surface area (Å²) in [5, 5.41) is 11.9. The highest BCUT2D eigenvalue weighted by molar-refractivity contribution is 7.16. The monoisotopic (exact) mass is 309 g/mol. The van der Waals surface area contributed by atoms with Crippen LogP contribution in [0.5, 0.6) is 0 Å². The number of carbonyl (C=O) groups is 1. The fourth-order valence-corrected chi connectivity index (χ4v) is 2.85. The van der Waals surface area contributed by atoms with Gasteiger partial charge in [0.15, 0.2) is 4.96 Å². The highest BCUT2D eigenvalue weighted by Crippen LogP contribution is 2.15. The van der Waals surface area contributed by atoms with Crippen molar-refractivity contribution in [3.63, 3.8) is 0 Å². The molecule has 0 aliphatic rings. The number of hydrogen-bond donors (Lipinski definition) is 2. The van der Waals surface area contributed by atoms with Gasteiger partial charge in [-0.2, -0.15) is 0 Å². The lowest BCUT2D eigenvalue weighted by atomic mass is 9.94. The van der Waals surface area contributed by atoms with Gasteiger partial charge >= 0.3 is 0 Å². The van der Waals surface area contributed by atoms with E-state index >= 15 is 0 Å². The van der Waals surface area contributed by atoms with Crippen LogP contribution in [0.1, 0.15) is 41.9 Å². The van der Waals surface area contributed by atoms with Gasteiger partial charge in [-0.05, 0) is 26.7 Å². The summed E-state index contributed by atoms with van der Waals surface area (Å²) in [7, 11) is 0. The van der Waals surface area contributed by atoms with Crippen molar-refractivity contribution in [2.75, 3.05) is 6.61 Å². The van der Waals surface area contributed by atoms with E-state index in [4.69, 9.17) is 5.11 Å². The number of amides is 1. The molecule has 2 heterocycles. The topological polar surface area (TPSA) is 83.7 Å². The molecular formula is C14H19N3O3S. The van der Waals surface area contributed by atoms with Gasteiger partial charge in [-0.25, -0.2) is 4.98 Å². The molecule has 21 heavy (non-hydrogen) atoms. The number of aliphatic hydroxyl groups is 1. The average molecular weight is 309 g/mol. The standard InChI is InChI=1S/C14H19N3O3S/c1-4-14(3,5-6-18)16-11(19)10-7-15-13-17(12(10)20)8-9(2)21-13/h7-8,18H,4-6H2,1-3H3,(H,16,19). The van der Waals surface area contributed by atoms with E-state index in [2.05, 4.69) is 10.3 Å². The van der Waals surface area contributed by atoms with Crippen molar-refractivity contribution in [3.8, 4) is 0 Å². The Hall–Kier alpha value is -1.73. The quantitative estimate of drug-likeness (QED) is 0.873. The van der Waals surface area contributed by atoms with Crippen LogP contribution in [0.2, 0.25) is 0 Å². The summed E-state index contributed by atoms with van der Waals surface area (Å²) in [6, 6.07) is 0. The molecular weight excluding hydrogens is 290 g/mol. The number of aryl methyl sites for hydroxylation is 1. The molecule has 0 saturated heterocycles. The minimum absolute atomic E-state index is 0.0166. The number of nitrogens with zero attached hydrogens (tertiary/aromatic N) is 2. The summed E-state index contributed by atoms with van der Waals surface area (Å²) in [5.41, 5.74) is -0.894. The smallest absolute Gasteiger partial charge is 0.271 e. The third-order valence-electron chi connectivity index (χ3n) is 3.63. The Morgan fingerprint density at radius 1 is 1.57 bits per heavy atom. The maximum Gasteiger partial charge on any atom is 0.271 e. The first kappa shape index (κ1) is 15.7. The number of aliphatic hydroxyl groups excluding tert-OH is 1. The van der Waals surface area contributed by atoms with Gasteiger partial charge in [-0.15, -0.1) is 11.3 Å². The molecule has 7 heteroatoms. The van der Waals surface area contributed by atoms with E-state index < -0.39 is 11.4 Å². The van der Waals surface area contributed by atoms with E-state index in [1.807, 2.05) is 20.8 Å². The van der Waals surface area contributed by atoms with Gasteiger partial charge in [-0.3, -0.25) is 14.0 Å². The summed E-state index contributed by atoms with van der Waals surface area (Å²) in [4.78, 5) is 30.3. The molecule has 0 bridgehead atoms. The first-order valence-corrected chi connectivity index (χ1v) is 7.63. The predicted octanol–water partition coefficient (Wildman–Crippen LogP) is 1.35. The lowest BCUT2D eigenvalue weighted by Crippen LogP contribution is -2.47. The minimum Gasteiger partial charge on any atom is -0.396 e. The van der Waals surface area contributed by atoms with Crippen LogP contribution in [-0.2, 0) is 0 Å². The molecule has 1 unspecified atom stereocenters. The van der Waals surface area contributed by atoms with Crippen LogP contribution < -0.4 is 10.9 Å². The highest BCUT2D eigenvalue weighted by Gasteiger charge is 2.26. The van der Waals surface area contributed by atoms with Crippen LogP contribution in [-0.4, -0.2) is 32.5 Å². The first-order valence-electron chi connectivity index (χ1n) is 6.81. The van der Waals surface area contributed by atoms with Gasteiger partial charge in [0.1, 0.15) is 5.56 Å². The number of thiazole rings is 1. The van der Waals surface area contributed by atoms with Crippen LogP contribution in [0, 0.1) is 6.92 Å². The van der Waals surface area contributed by atoms with Crippen LogP contribution in [0.3, 0.4) is 0 Å². The molecule has 0 radical (unpaired) electrons. The Labute approximate surface area is 126 Å². The van der Waals surface area contributed by atoms with Crippen molar-refractivity contribution in [2.45, 2.75) is 39.2 Å². The fourth-order valence-electron chi connectivity index (χ4n) is 2.07. The molecule has 1 amide bonds. The summed E-state index contributed by atoms with van der Waals surface area (Å²) < 4.78 is 1.39. The largest absolute Gasteiger partial charge is 0.396 e. The second kappa shape index (κ2) is 5.95. The molecule has 0 saturated carbocycles. The second-order valence-corrected chi connectivity index (χ2v) is 6.53. The molecule has 114 valence electrons. The van der Waals surface area contributed by atoms with Gasteiger partial charge in [0.2, 0.25) is 0 Å². The SMILES string of the molecule is CCC(C)(CCO)NC(=O)c1cnc2sc(C)cn2c1=O. The zero-order valence-corrected chi connectivity index (χ0v) is 13.2. The molecule has 2 aromatic rings. The van der Waals surface area contributed by atoms with Crippen molar-refractivity contribution in [3.05, 3.63) is 33.2 Å². The van der Waals surface area contributed by atoms with Gasteiger partial charge in [0, 0.05) is 29.4 Å². The van der Waals surface area contributed by atoms with E-state index in [0.29, 0.717) is 17.8 Å². The van der Waals surface area contributed by atoms with Gasteiger partial charge < -0.3 is 10.4 Å². The number of fused-ring (bicyclic) bond motifs is 1. The number of hydrogen-bond acceptors (Lipinski definition) is 5. The zero-order valence-electron chi connectivity index (χ0n) is 12.3. The van der Waals surface area contributed by atoms with Crippen LogP contribution in [0.4, 0.5) is 0 Å². The van der Waals surface area contributed by atoms with Crippen molar-refractivity contribution in [2.24, 2.45) is 0 Å². The summed E-state index contributed by atoms with van der Waals surface area (Å²) in [6.45, 7) is 5.63. The number of aromatic nitrogens is 2. The Balaban J connectivity index is 2.35. The Kier molecular flexibility index (Phi) is 4.43. The van der Waals surface area contributed by atoms with E-state index in [0.717, 1.165) is 4.88 Å². The number of rotatable bonds is 5. The molecule has 0 aliphatic heterocycles. The molecule has 2 aromatic heterocycles. The number of nitrogens with one attached hydrogen (secondary N) is 1. The minimum atomic E-state index is -0.539. The summed E-state index contributed by atoms with van der Waals surface area (Å²) in [5.74, 6) is -0.455. The molecule has 6 nitrogen and oxygen atoms in total. The Bertz CT molecular complexity index is 722. The summed E-state index contributed by atoms with van der Waals surface area (Å²) >= 11 is 1.40. The lowest BCUT2D eigenvalue weighted by molar-refractivity contribution is 0.0884. The van der Waals surface area contributed by atoms with Crippen LogP contribution in [0.25, 0.3) is 4.96 Å². The van der Waals surface area contributed by atoms with E-state index in [-0.39, 0.29) is 17.7 Å². The highest BCUT2D eigenvalue weighted by atomic mass is 32.1. The van der Waals surface area contributed by atoms with Gasteiger partial charge in [0.05, 0.1) is 0 Å². The van der Waals surface area contributed by atoms with Crippen molar-refractivity contribution < 1.29 is 9.90 Å². The average Bonchev–Trinajstić information content (AvgIpc) is 2.80. The Morgan fingerprint density at radius 2 is 2.29 bits per heavy atom. The third-order valence-corrected chi connectivity index (χ3v) is 4.54.